The van der Waals surface area contributed by atoms with Gasteiger partial charge in [-0.1, -0.05) is 4.98 Å². The van der Waals surface area contributed by atoms with Crippen molar-refractivity contribution in [1.29, 1.82) is 0 Å². The molecule has 0 radical (unpaired) electrons. The van der Waals surface area contributed by atoms with Crippen molar-refractivity contribution in [2.45, 2.75) is 97.7 Å². The van der Waals surface area contributed by atoms with E-state index in [1.165, 1.54) is 17.9 Å². The number of aliphatic hydroxyl groups excluding tert-OH is 4. The number of hydrogen-bond donors (Lipinski definition) is 15. The summed E-state index contributed by atoms with van der Waals surface area (Å²) in [6.07, 6.45) is -21.9. The number of anilines is 4. The highest BCUT2D eigenvalue weighted by atomic mass is 31.3. The Bertz CT molecular complexity index is 4780. The van der Waals surface area contributed by atoms with Crippen LogP contribution in [0.5, 0.6) is 0 Å². The molecule has 13 heterocycles. The van der Waals surface area contributed by atoms with Crippen LogP contribution in [0.25, 0.3) is 44.7 Å². The number of halogens is 1. The molecule has 8 aromatic rings. The minimum absolute atomic E-state index is 0.0173. The van der Waals surface area contributed by atoms with Gasteiger partial charge in [-0.15, -0.1) is 0 Å². The van der Waals surface area contributed by atoms with Crippen LogP contribution in [0.3, 0.4) is 0 Å². The molecule has 9 unspecified atom stereocenters. The van der Waals surface area contributed by atoms with Gasteiger partial charge in [0, 0.05) is 0 Å². The zero-order chi connectivity index (χ0) is 69.4. The molecule has 0 aliphatic carbocycles. The fraction of sp³-hybridized carbons (Fsp3) is 0.524. The summed E-state index contributed by atoms with van der Waals surface area (Å²) in [6, 6.07) is 0. The van der Waals surface area contributed by atoms with Crippen LogP contribution in [0.1, 0.15) is 24.9 Å². The molecule has 97 heavy (non-hydrogen) atoms. The lowest BCUT2D eigenvalue weighted by Gasteiger charge is -2.32. The molecule has 526 valence electrons. The lowest BCUT2D eigenvalue weighted by molar-refractivity contribution is -0.745. The number of H-pyrrole nitrogens is 2. The first kappa shape index (κ1) is 68.7. The van der Waals surface area contributed by atoms with E-state index in [1.54, 1.807) is 0 Å². The lowest BCUT2D eigenvalue weighted by atomic mass is 10.0. The molecule has 8 aromatic heterocycles. The number of nitrogen functional groups attached to an aromatic ring is 4. The number of hydrogen-bond acceptors (Lipinski definition) is 37. The van der Waals surface area contributed by atoms with Gasteiger partial charge in [-0.25, -0.2) is 66.7 Å². The van der Waals surface area contributed by atoms with Gasteiger partial charge in [-0.05, 0) is 0 Å². The summed E-state index contributed by atoms with van der Waals surface area (Å²) < 4.78 is 160. The van der Waals surface area contributed by atoms with Crippen molar-refractivity contribution in [3.63, 3.8) is 0 Å². The number of phosphoric ester groups is 4. The van der Waals surface area contributed by atoms with E-state index in [1.807, 2.05) is 0 Å². The first-order valence-electron chi connectivity index (χ1n) is 27.6. The van der Waals surface area contributed by atoms with Crippen molar-refractivity contribution in [2.75, 3.05) is 56.0 Å². The second-order valence-electron chi connectivity index (χ2n) is 21.9. The van der Waals surface area contributed by atoms with Crippen molar-refractivity contribution in [1.82, 2.24) is 73.1 Å². The normalized spacial score (nSPS) is 32.1. The molecule has 5 aliphatic rings. The van der Waals surface area contributed by atoms with E-state index < -0.39 is 181 Å². The molecule has 5 fully saturated rings. The van der Waals surface area contributed by atoms with E-state index in [2.05, 4.69) is 63.4 Å². The Balaban J connectivity index is 0.699. The van der Waals surface area contributed by atoms with Crippen LogP contribution in [0, 0.1) is 0 Å². The van der Waals surface area contributed by atoms with Gasteiger partial charge in [0.15, 0.2) is 65.3 Å². The maximum atomic E-state index is 17.0. The van der Waals surface area contributed by atoms with Gasteiger partial charge in [0.2, 0.25) is 17.7 Å². The second kappa shape index (κ2) is 25.1. The number of aryl methyl sites for hydroxylation is 1. The monoisotopic (exact) mass is 1480 g/mol. The molecule has 0 spiro atoms. The zero-order valence-electron chi connectivity index (χ0n) is 48.5. The summed E-state index contributed by atoms with van der Waals surface area (Å²) in [5.74, 6) is -1.01. The van der Waals surface area contributed by atoms with E-state index in [0.29, 0.717) is 0 Å². The Labute approximate surface area is 534 Å². The number of nitrogens with one attached hydrogen (secondary N) is 2. The number of aromatic amines is 2. The average Bonchev–Trinajstić information content (AvgIpc) is 1.56. The van der Waals surface area contributed by atoms with Gasteiger partial charge in [0.05, 0.1) is 59.1 Å². The van der Waals surface area contributed by atoms with Gasteiger partial charge in [0.25, 0.3) is 17.1 Å². The fourth-order valence-corrected chi connectivity index (χ4v) is 16.8. The predicted molar refractivity (Wildman–Crippen MR) is 306 cm³/mol. The number of aromatic nitrogens is 16. The molecule has 13 rings (SSSR count). The van der Waals surface area contributed by atoms with Crippen molar-refractivity contribution in [3.05, 3.63) is 58.7 Å². The molecule has 0 saturated carbocycles. The van der Waals surface area contributed by atoms with Crippen LogP contribution in [0.15, 0.2) is 47.6 Å². The number of aliphatic hydroxyl groups is 4. The summed E-state index contributed by atoms with van der Waals surface area (Å²) >= 11 is 0. The van der Waals surface area contributed by atoms with Crippen LogP contribution in [0.4, 0.5) is 27.9 Å². The Hall–Kier alpha value is -6.80. The molecule has 21 atom stereocenters. The molecule has 19 N–H and O–H groups in total. The third kappa shape index (κ3) is 13.0. The molecular formula is C42H53FN20O29P5+. The van der Waals surface area contributed by atoms with Crippen LogP contribution in [0.2, 0.25) is 0 Å². The summed E-state index contributed by atoms with van der Waals surface area (Å²) in [7, 11) is -28.4. The number of rotatable bonds is 24. The molecule has 5 saturated heterocycles. The van der Waals surface area contributed by atoms with E-state index in [0.717, 1.165) is 49.9 Å². The third-order valence-corrected chi connectivity index (χ3v) is 21.8. The van der Waals surface area contributed by atoms with Crippen molar-refractivity contribution >= 4 is 107 Å². The highest BCUT2D eigenvalue weighted by Crippen LogP contribution is 2.68. The number of imidazole rings is 4. The van der Waals surface area contributed by atoms with Crippen LogP contribution in [-0.2, 0) is 89.3 Å². The predicted octanol–water partition coefficient (Wildman–Crippen LogP) is -4.80. The minimum Gasteiger partial charge on any atom is -0.387 e. The summed E-state index contributed by atoms with van der Waals surface area (Å²) in [4.78, 5) is 120. The maximum absolute atomic E-state index is 17.0. The Morgan fingerprint density at radius 2 is 1.14 bits per heavy atom. The van der Waals surface area contributed by atoms with Crippen molar-refractivity contribution < 1.29 is 136 Å². The van der Waals surface area contributed by atoms with Gasteiger partial charge in [0.1, 0.15) is 90.3 Å². The molecule has 49 nitrogen and oxygen atoms in total. The number of phosphoric acid groups is 5. The molecule has 2 bridgehead atoms. The zero-order valence-corrected chi connectivity index (χ0v) is 53.0. The van der Waals surface area contributed by atoms with Gasteiger partial charge in [-0.2, -0.15) is 13.6 Å². The number of fused-ring (bicyclic) bond motifs is 6. The smallest absolute Gasteiger partial charge is 0.387 e. The number of nitrogens with zero attached hydrogens (tertiary/aromatic N) is 14. The van der Waals surface area contributed by atoms with Gasteiger partial charge in [-0.3, -0.25) is 65.0 Å². The van der Waals surface area contributed by atoms with Crippen molar-refractivity contribution in [3.8, 4) is 0 Å². The topological polar surface area (TPSA) is 697 Å². The summed E-state index contributed by atoms with van der Waals surface area (Å²) in [5.41, 5.74) is 18.5. The minimum atomic E-state index is -6.33. The molecule has 5 aliphatic heterocycles. The number of nitrogens with two attached hydrogens (primary N) is 4. The van der Waals surface area contributed by atoms with Gasteiger partial charge >= 0.3 is 44.8 Å². The van der Waals surface area contributed by atoms with Crippen molar-refractivity contribution in [2.24, 2.45) is 7.05 Å². The second-order valence-corrected chi connectivity index (χ2v) is 29.4. The summed E-state index contributed by atoms with van der Waals surface area (Å²) in [5, 5.41) is 43.6. The Morgan fingerprint density at radius 3 is 1.79 bits per heavy atom. The highest BCUT2D eigenvalue weighted by Gasteiger charge is 2.66. The molecule has 0 amide bonds. The average molecular weight is 1480 g/mol. The fourth-order valence-electron chi connectivity index (χ4n) is 11.3. The van der Waals surface area contributed by atoms with E-state index in [4.69, 9.17) is 73.8 Å². The Kier molecular flexibility index (Phi) is 17.8. The number of ether oxygens (including phenoxy) is 5. The van der Waals surface area contributed by atoms with Gasteiger partial charge < -0.3 is 91.5 Å². The Morgan fingerprint density at radius 1 is 0.619 bits per heavy atom. The third-order valence-electron chi connectivity index (χ3n) is 15.6. The molecule has 55 heteroatoms. The maximum Gasteiger partial charge on any atom is 0.490 e. The SMILES string of the molecule is Cn1c[n+]([C@@H]2O[C@H](COP(=O)(O)OP(=O)(O)OP(=O)(O)OC[C@@]34COC([C@H](n5cnc6c(N)ncnc65)O3)[C@H]4OP(=O)(O)OC[C@H]3O[C@@H](n4cnc5c(N)ncnc54)C(F)[C@H]3OP(=O)(O)OC[C@H]3O[C@@H](n4cnc5c(=O)[nH]c(N)nc54)C(O)[C@H]3O)[C@H](O)C2O)c2nc(N)[nH]c(=O)c21. The standard InChI is InChI=1S/C42H52FN20O29P5/c1-59-12-63(33-20(59)35(69)58-41(47)56-33)38-24(67)22(65)14(86-38)3-83-95(74,75)91-97(78,79)92-96(76,77)84-6-42-5-80-26(39(88-42)61-10-53-18-29(45)49-8-51-31(18)61)27(42)90-94(72,73)82-4-15-25(16(43)36(87-15)60-9-52-17-28(44)48-7-50-30(17)60)89-93(70,71)81-2-13-21(64)23(66)37(85-13)62-11-54-19-32(62)55-40(46)57-34(19)68/h7-16,21-27,36-39,64-67H,2-6H2,1H3,(H14-,44,45,46,47,48,49,50,51,55,56,57,58,68,69,70,71,72,73,74,75,76,77,78,79)/p+1/t13-,14-,15-,16?,21+,22+,23?,24?,25+,26?,27-,36-,37-,38-,39-,42-/m1/s1. The largest absolute Gasteiger partial charge is 0.490 e. The van der Waals surface area contributed by atoms with E-state index in [9.17, 15) is 77.3 Å². The quantitative estimate of drug-likeness (QED) is 0.0199. The van der Waals surface area contributed by atoms with Crippen LogP contribution >= 0.6 is 39.1 Å². The number of alkyl halides is 1. The lowest BCUT2D eigenvalue weighted by Crippen LogP contribution is -2.46. The van der Waals surface area contributed by atoms with E-state index in [-0.39, 0.29) is 68.2 Å². The van der Waals surface area contributed by atoms with Crippen LogP contribution in [-0.4, -0.2) is 224 Å². The summed E-state index contributed by atoms with van der Waals surface area (Å²) in [6.45, 7) is -5.79. The highest BCUT2D eigenvalue weighted by molar-refractivity contribution is 7.66. The molecule has 0 aromatic carbocycles. The van der Waals surface area contributed by atoms with Crippen LogP contribution < -0.4 is 38.6 Å². The first-order valence-corrected chi connectivity index (χ1v) is 35.1. The first-order chi connectivity index (χ1) is 45.6. The van der Waals surface area contributed by atoms with E-state index >= 15 is 4.39 Å². The molecular weight excluding hydrogens is 1420 g/mol.